The summed E-state index contributed by atoms with van der Waals surface area (Å²) in [7, 11) is -2.99. The van der Waals surface area contributed by atoms with Crippen molar-refractivity contribution in [2.45, 2.75) is 37.0 Å². The highest BCUT2D eigenvalue weighted by atomic mass is 35.5. The molecule has 114 valence electrons. The number of hydrogen-bond acceptors (Lipinski definition) is 3. The molecule has 3 nitrogen and oxygen atoms in total. The minimum absolute atomic E-state index is 0.0466. The van der Waals surface area contributed by atoms with E-state index in [1.807, 2.05) is 24.3 Å². The molecular weight excluding hydrogens is 308 g/mol. The molecule has 1 aromatic carbocycles. The van der Waals surface area contributed by atoms with Gasteiger partial charge in [-0.25, -0.2) is 8.42 Å². The van der Waals surface area contributed by atoms with E-state index < -0.39 is 9.84 Å². The Hall–Kier alpha value is -1.18. The van der Waals surface area contributed by atoms with E-state index in [2.05, 4.69) is 11.8 Å². The topological polar surface area (TPSA) is 43.4 Å². The van der Waals surface area contributed by atoms with Gasteiger partial charge in [-0.05, 0) is 37.5 Å². The van der Waals surface area contributed by atoms with Gasteiger partial charge in [-0.2, -0.15) is 0 Å². The second-order valence-corrected chi connectivity index (χ2v) is 7.91. The van der Waals surface area contributed by atoms with Gasteiger partial charge in [-0.3, -0.25) is 0 Å². The number of ether oxygens (including phenoxy) is 1. The molecule has 0 saturated heterocycles. The molecule has 5 heteroatoms. The average molecular weight is 327 g/mol. The van der Waals surface area contributed by atoms with E-state index in [1.54, 1.807) is 0 Å². The SMILES string of the molecule is CS(=O)(=O)C1CCCC(Oc2cccc(C#CCCl)c2)C1. The third-order valence-corrected chi connectivity index (χ3v) is 5.39. The molecule has 0 heterocycles. The summed E-state index contributed by atoms with van der Waals surface area (Å²) in [6.07, 6.45) is 4.34. The summed E-state index contributed by atoms with van der Waals surface area (Å²) in [5.74, 6) is 6.78. The van der Waals surface area contributed by atoms with Crippen molar-refractivity contribution in [1.82, 2.24) is 0 Å². The van der Waals surface area contributed by atoms with Crippen molar-refractivity contribution in [2.75, 3.05) is 12.1 Å². The third-order valence-electron chi connectivity index (χ3n) is 3.62. The van der Waals surface area contributed by atoms with Crippen molar-refractivity contribution in [3.63, 3.8) is 0 Å². The van der Waals surface area contributed by atoms with E-state index in [4.69, 9.17) is 16.3 Å². The van der Waals surface area contributed by atoms with Crippen LogP contribution in [0.15, 0.2) is 24.3 Å². The predicted molar refractivity (Wildman–Crippen MR) is 85.6 cm³/mol. The molecular formula is C16H19ClO3S. The zero-order valence-electron chi connectivity index (χ0n) is 12.0. The van der Waals surface area contributed by atoms with Crippen LogP contribution in [0.25, 0.3) is 0 Å². The lowest BCUT2D eigenvalue weighted by Crippen LogP contribution is -2.33. The minimum atomic E-state index is -2.99. The standard InChI is InChI=1S/C16H19ClO3S/c1-21(18,19)16-9-3-8-15(12-16)20-14-7-2-5-13(11-14)6-4-10-17/h2,5,7,11,15-16H,3,8-10,12H2,1H3. The summed E-state index contributed by atoms with van der Waals surface area (Å²) >= 11 is 5.54. The fourth-order valence-electron chi connectivity index (χ4n) is 2.57. The first-order valence-electron chi connectivity index (χ1n) is 6.99. The highest BCUT2D eigenvalue weighted by molar-refractivity contribution is 7.91. The fraction of sp³-hybridized carbons (Fsp3) is 0.500. The molecule has 0 aliphatic heterocycles. The molecule has 1 aliphatic rings. The number of benzene rings is 1. The van der Waals surface area contributed by atoms with Crippen LogP contribution in [-0.2, 0) is 9.84 Å². The van der Waals surface area contributed by atoms with E-state index in [9.17, 15) is 8.42 Å². The van der Waals surface area contributed by atoms with Crippen LogP contribution >= 0.6 is 11.6 Å². The van der Waals surface area contributed by atoms with E-state index in [1.165, 1.54) is 6.26 Å². The van der Waals surface area contributed by atoms with Gasteiger partial charge in [-0.1, -0.05) is 17.9 Å². The monoisotopic (exact) mass is 326 g/mol. The average Bonchev–Trinajstić information content (AvgIpc) is 2.45. The summed E-state index contributed by atoms with van der Waals surface area (Å²) < 4.78 is 29.3. The van der Waals surface area contributed by atoms with Crippen molar-refractivity contribution in [1.29, 1.82) is 0 Å². The van der Waals surface area contributed by atoms with Gasteiger partial charge >= 0.3 is 0 Å². The van der Waals surface area contributed by atoms with Gasteiger partial charge in [0.2, 0.25) is 0 Å². The molecule has 2 rings (SSSR count). The van der Waals surface area contributed by atoms with Crippen LogP contribution in [0.5, 0.6) is 5.75 Å². The summed E-state index contributed by atoms with van der Waals surface area (Å²) in [4.78, 5) is 0. The van der Waals surface area contributed by atoms with E-state index in [0.29, 0.717) is 12.3 Å². The Labute approximate surface area is 131 Å². The van der Waals surface area contributed by atoms with Gasteiger partial charge in [0.1, 0.15) is 15.6 Å². The smallest absolute Gasteiger partial charge is 0.150 e. The van der Waals surface area contributed by atoms with Crippen molar-refractivity contribution in [3.05, 3.63) is 29.8 Å². The molecule has 1 aliphatic carbocycles. The van der Waals surface area contributed by atoms with Crippen LogP contribution in [0.2, 0.25) is 0 Å². The van der Waals surface area contributed by atoms with Crippen LogP contribution in [-0.4, -0.2) is 31.9 Å². The van der Waals surface area contributed by atoms with Gasteiger partial charge in [0.25, 0.3) is 0 Å². The Morgan fingerprint density at radius 2 is 2.19 bits per heavy atom. The zero-order valence-corrected chi connectivity index (χ0v) is 13.6. The summed E-state index contributed by atoms with van der Waals surface area (Å²) in [5.41, 5.74) is 0.851. The third kappa shape index (κ3) is 4.94. The predicted octanol–water partition coefficient (Wildman–Crippen LogP) is 3.01. The maximum Gasteiger partial charge on any atom is 0.150 e. The Bertz CT molecular complexity index is 643. The minimum Gasteiger partial charge on any atom is -0.490 e. The highest BCUT2D eigenvalue weighted by Crippen LogP contribution is 2.27. The fourth-order valence-corrected chi connectivity index (χ4v) is 3.80. The Morgan fingerprint density at radius 3 is 2.90 bits per heavy atom. The maximum atomic E-state index is 11.7. The summed E-state index contributed by atoms with van der Waals surface area (Å²) in [6, 6.07) is 7.51. The molecule has 1 aromatic rings. The zero-order chi connectivity index (χ0) is 15.3. The number of alkyl halides is 1. The molecule has 0 aromatic heterocycles. The lowest BCUT2D eigenvalue weighted by Gasteiger charge is -2.28. The highest BCUT2D eigenvalue weighted by Gasteiger charge is 2.29. The quantitative estimate of drug-likeness (QED) is 0.633. The van der Waals surface area contributed by atoms with E-state index in [0.717, 1.165) is 30.6 Å². The number of halogens is 1. The van der Waals surface area contributed by atoms with Crippen LogP contribution in [0.3, 0.4) is 0 Å². The van der Waals surface area contributed by atoms with Crippen molar-refractivity contribution in [3.8, 4) is 17.6 Å². The molecule has 1 fully saturated rings. The van der Waals surface area contributed by atoms with Gasteiger partial charge in [0.05, 0.1) is 17.2 Å². The number of rotatable bonds is 3. The molecule has 0 spiro atoms. The second-order valence-electron chi connectivity index (χ2n) is 5.32. The van der Waals surface area contributed by atoms with Gasteiger partial charge in [-0.15, -0.1) is 11.6 Å². The molecule has 21 heavy (non-hydrogen) atoms. The maximum absolute atomic E-state index is 11.7. The molecule has 0 amide bonds. The van der Waals surface area contributed by atoms with Gasteiger partial charge in [0, 0.05) is 18.2 Å². The van der Waals surface area contributed by atoms with Crippen molar-refractivity contribution in [2.24, 2.45) is 0 Å². The van der Waals surface area contributed by atoms with Crippen LogP contribution in [0, 0.1) is 11.8 Å². The first kappa shape index (κ1) is 16.2. The van der Waals surface area contributed by atoms with Crippen molar-refractivity contribution < 1.29 is 13.2 Å². The molecule has 0 bridgehead atoms. The summed E-state index contributed by atoms with van der Waals surface area (Å²) in [5, 5.41) is -0.282. The van der Waals surface area contributed by atoms with Gasteiger partial charge < -0.3 is 4.74 Å². The second kappa shape index (κ2) is 7.20. The molecule has 1 saturated carbocycles. The molecule has 0 radical (unpaired) electrons. The Kier molecular flexibility index (Phi) is 5.55. The van der Waals surface area contributed by atoms with Crippen LogP contribution in [0.1, 0.15) is 31.2 Å². The van der Waals surface area contributed by atoms with E-state index >= 15 is 0 Å². The van der Waals surface area contributed by atoms with Crippen LogP contribution in [0.4, 0.5) is 0 Å². The summed E-state index contributed by atoms with van der Waals surface area (Å²) in [6.45, 7) is 0. The van der Waals surface area contributed by atoms with Gasteiger partial charge in [0.15, 0.2) is 0 Å². The van der Waals surface area contributed by atoms with Crippen molar-refractivity contribution >= 4 is 21.4 Å². The first-order chi connectivity index (χ1) is 9.99. The molecule has 2 atom stereocenters. The number of hydrogen-bond donors (Lipinski definition) is 0. The lowest BCUT2D eigenvalue weighted by atomic mass is 9.97. The largest absolute Gasteiger partial charge is 0.490 e. The normalized spacial score (nSPS) is 22.2. The lowest BCUT2D eigenvalue weighted by molar-refractivity contribution is 0.156. The molecule has 0 N–H and O–H groups in total. The first-order valence-corrected chi connectivity index (χ1v) is 9.48. The van der Waals surface area contributed by atoms with E-state index in [-0.39, 0.29) is 11.4 Å². The number of sulfone groups is 1. The Balaban J connectivity index is 2.04. The Morgan fingerprint density at radius 1 is 1.38 bits per heavy atom. The van der Waals surface area contributed by atoms with Crippen LogP contribution < -0.4 is 4.74 Å². The molecule has 2 unspecified atom stereocenters.